The van der Waals surface area contributed by atoms with Gasteiger partial charge in [-0.3, -0.25) is 0 Å². The van der Waals surface area contributed by atoms with Crippen molar-refractivity contribution < 1.29 is 26.0 Å². The quantitative estimate of drug-likeness (QED) is 0.797. The molecule has 106 valence electrons. The summed E-state index contributed by atoms with van der Waals surface area (Å²) in [5.41, 5.74) is -0.0435. The Morgan fingerprint density at radius 3 is 2.16 bits per heavy atom. The molecule has 1 aromatic carbocycles. The van der Waals surface area contributed by atoms with E-state index in [4.69, 9.17) is 0 Å². The van der Waals surface area contributed by atoms with Crippen LogP contribution in [0, 0.1) is 17.6 Å². The smallest absolute Gasteiger partial charge is 0.212 e. The highest BCUT2D eigenvalue weighted by atomic mass is 32.2. The van der Waals surface area contributed by atoms with Gasteiger partial charge in [-0.2, -0.15) is 0 Å². The van der Waals surface area contributed by atoms with Crippen LogP contribution in [0.25, 0.3) is 0 Å². The first-order valence-electron chi connectivity index (χ1n) is 5.49. The topological polar surface area (TPSA) is 37.4 Å². The highest BCUT2D eigenvalue weighted by Gasteiger charge is 2.40. The van der Waals surface area contributed by atoms with E-state index in [1.807, 2.05) is 0 Å². The fourth-order valence-corrected chi connectivity index (χ4v) is 3.46. The first-order chi connectivity index (χ1) is 8.78. The highest BCUT2D eigenvalue weighted by Crippen LogP contribution is 2.27. The average Bonchev–Trinajstić information content (AvgIpc) is 2.09. The molecule has 0 aliphatic carbocycles. The Kier molecular flexibility index (Phi) is 3.82. The Morgan fingerprint density at radius 1 is 1.16 bits per heavy atom. The zero-order chi connectivity index (χ0) is 14.2. The molecule has 0 radical (unpaired) electrons. The van der Waals surface area contributed by atoms with Crippen molar-refractivity contribution in [2.75, 3.05) is 13.1 Å². The maximum absolute atomic E-state index is 12.9. The number of nitrogens with zero attached hydrogens (tertiary/aromatic N) is 1. The predicted molar refractivity (Wildman–Crippen MR) is 60.0 cm³/mol. The molecule has 0 unspecified atom stereocenters. The number of sulfonamides is 1. The summed E-state index contributed by atoms with van der Waals surface area (Å²) in [6, 6.07) is 2.45. The third-order valence-corrected chi connectivity index (χ3v) is 4.68. The maximum Gasteiger partial charge on any atom is 0.243 e. The molecular formula is C11H11F4NO2S. The number of hydrogen-bond donors (Lipinski definition) is 0. The van der Waals surface area contributed by atoms with Gasteiger partial charge in [0.2, 0.25) is 16.4 Å². The monoisotopic (exact) mass is 297 g/mol. The molecule has 0 amide bonds. The molecule has 1 aliphatic heterocycles. The molecule has 3 nitrogen and oxygen atoms in total. The van der Waals surface area contributed by atoms with Gasteiger partial charge in [0.15, 0.2) is 0 Å². The van der Waals surface area contributed by atoms with Crippen molar-refractivity contribution in [1.29, 1.82) is 0 Å². The summed E-state index contributed by atoms with van der Waals surface area (Å²) in [7, 11) is -3.81. The van der Waals surface area contributed by atoms with E-state index in [0.717, 1.165) is 16.4 Å². The molecule has 8 heteroatoms. The molecule has 2 rings (SSSR count). The molecule has 0 atom stereocenters. The zero-order valence-electron chi connectivity index (χ0n) is 9.69. The molecule has 0 aromatic heterocycles. The number of alkyl halides is 2. The summed E-state index contributed by atoms with van der Waals surface area (Å²) in [5.74, 6) is -3.31. The van der Waals surface area contributed by atoms with Crippen LogP contribution in [-0.2, 0) is 15.8 Å². The molecule has 1 aliphatic rings. The van der Waals surface area contributed by atoms with Gasteiger partial charge < -0.3 is 0 Å². The fraction of sp³-hybridized carbons (Fsp3) is 0.455. The fourth-order valence-electron chi connectivity index (χ4n) is 1.85. The minimum Gasteiger partial charge on any atom is -0.212 e. The molecule has 0 saturated carbocycles. The van der Waals surface area contributed by atoms with Gasteiger partial charge in [-0.25, -0.2) is 30.3 Å². The van der Waals surface area contributed by atoms with E-state index in [9.17, 15) is 26.0 Å². The van der Waals surface area contributed by atoms with Gasteiger partial charge in [0.05, 0.1) is 5.75 Å². The van der Waals surface area contributed by atoms with E-state index in [1.165, 1.54) is 0 Å². The van der Waals surface area contributed by atoms with Crippen LogP contribution in [0.2, 0.25) is 0 Å². The highest BCUT2D eigenvalue weighted by molar-refractivity contribution is 7.88. The normalized spacial score (nSPS) is 17.7. The van der Waals surface area contributed by atoms with Gasteiger partial charge in [-0.15, -0.1) is 0 Å². The summed E-state index contributed by atoms with van der Waals surface area (Å²) in [6.45, 7) is -0.504. The number of halogens is 4. The van der Waals surface area contributed by atoms with Crippen molar-refractivity contribution in [1.82, 2.24) is 4.31 Å². The Balaban J connectivity index is 2.06. The van der Waals surface area contributed by atoms with Crippen molar-refractivity contribution in [2.24, 2.45) is 5.92 Å². The zero-order valence-corrected chi connectivity index (χ0v) is 10.5. The van der Waals surface area contributed by atoms with Gasteiger partial charge in [-0.1, -0.05) is 0 Å². The summed E-state index contributed by atoms with van der Waals surface area (Å²) in [5, 5.41) is 0. The van der Waals surface area contributed by atoms with Gasteiger partial charge in [0.25, 0.3) is 0 Å². The van der Waals surface area contributed by atoms with Crippen LogP contribution in [0.15, 0.2) is 18.2 Å². The summed E-state index contributed by atoms with van der Waals surface area (Å²) in [6.07, 6.45) is -2.56. The van der Waals surface area contributed by atoms with Gasteiger partial charge in [-0.05, 0) is 17.7 Å². The van der Waals surface area contributed by atoms with E-state index >= 15 is 0 Å². The number of hydrogen-bond acceptors (Lipinski definition) is 2. The first kappa shape index (κ1) is 14.3. The van der Waals surface area contributed by atoms with Crippen molar-refractivity contribution in [3.63, 3.8) is 0 Å². The number of rotatable bonds is 4. The third-order valence-electron chi connectivity index (χ3n) is 2.90. The molecule has 1 fully saturated rings. The van der Waals surface area contributed by atoms with Crippen LogP contribution < -0.4 is 0 Å². The molecule has 1 aromatic rings. The van der Waals surface area contributed by atoms with E-state index < -0.39 is 39.8 Å². The molecule has 1 saturated heterocycles. The van der Waals surface area contributed by atoms with Gasteiger partial charge in [0, 0.05) is 25.1 Å². The Morgan fingerprint density at radius 2 is 1.68 bits per heavy atom. The second-order valence-electron chi connectivity index (χ2n) is 4.45. The minimum absolute atomic E-state index is 0.0435. The summed E-state index contributed by atoms with van der Waals surface area (Å²) < 4.78 is 74.9. The lowest BCUT2D eigenvalue weighted by atomic mass is 10.1. The lowest BCUT2D eigenvalue weighted by Crippen LogP contribution is -2.52. The van der Waals surface area contributed by atoms with Crippen LogP contribution in [-0.4, -0.2) is 32.2 Å². The molecule has 19 heavy (non-hydrogen) atoms. The van der Waals surface area contributed by atoms with Crippen LogP contribution in [0.3, 0.4) is 0 Å². The lowest BCUT2D eigenvalue weighted by molar-refractivity contribution is 0.0123. The maximum atomic E-state index is 12.9. The van der Waals surface area contributed by atoms with Crippen molar-refractivity contribution in [3.8, 4) is 0 Å². The largest absolute Gasteiger partial charge is 0.243 e. The SMILES string of the molecule is O=S(=O)(Cc1cc(F)cc(F)c1)N1CC(C(F)F)C1. The second kappa shape index (κ2) is 5.09. The van der Waals surface area contributed by atoms with Crippen molar-refractivity contribution in [3.05, 3.63) is 35.4 Å². The first-order valence-corrected chi connectivity index (χ1v) is 7.10. The molecule has 0 bridgehead atoms. The van der Waals surface area contributed by atoms with Crippen LogP contribution in [0.5, 0.6) is 0 Å². The van der Waals surface area contributed by atoms with Gasteiger partial charge >= 0.3 is 0 Å². The van der Waals surface area contributed by atoms with Crippen LogP contribution >= 0.6 is 0 Å². The Bertz CT molecular complexity index is 550. The van der Waals surface area contributed by atoms with E-state index in [0.29, 0.717) is 6.07 Å². The molecule has 0 N–H and O–H groups in total. The van der Waals surface area contributed by atoms with E-state index in [-0.39, 0.29) is 18.7 Å². The summed E-state index contributed by atoms with van der Waals surface area (Å²) >= 11 is 0. The lowest BCUT2D eigenvalue weighted by Gasteiger charge is -2.37. The van der Waals surface area contributed by atoms with Gasteiger partial charge in [0.1, 0.15) is 11.6 Å². The van der Waals surface area contributed by atoms with Crippen molar-refractivity contribution >= 4 is 10.0 Å². The second-order valence-corrected chi connectivity index (χ2v) is 6.41. The third kappa shape index (κ3) is 3.24. The minimum atomic E-state index is -3.81. The standard InChI is InChI=1S/C11H11F4NO2S/c12-9-1-7(2-10(13)3-9)6-19(17,18)16-4-8(5-16)11(14)15/h1-3,8,11H,4-6H2. The Labute approximate surface area is 107 Å². The average molecular weight is 297 g/mol. The van der Waals surface area contributed by atoms with E-state index in [1.54, 1.807) is 0 Å². The molecule has 1 heterocycles. The Hall–Kier alpha value is -1.15. The summed E-state index contributed by atoms with van der Waals surface area (Å²) in [4.78, 5) is 0. The molecular weight excluding hydrogens is 286 g/mol. The number of benzene rings is 1. The van der Waals surface area contributed by atoms with E-state index in [2.05, 4.69) is 0 Å². The molecule has 0 spiro atoms. The van der Waals surface area contributed by atoms with Crippen LogP contribution in [0.1, 0.15) is 5.56 Å². The van der Waals surface area contributed by atoms with Crippen LogP contribution in [0.4, 0.5) is 17.6 Å². The predicted octanol–water partition coefficient (Wildman–Crippen LogP) is 1.99. The van der Waals surface area contributed by atoms with Crippen molar-refractivity contribution in [2.45, 2.75) is 12.2 Å².